The molecule has 0 fully saturated rings. The van der Waals surface area contributed by atoms with E-state index in [1.54, 1.807) is 11.8 Å². The zero-order chi connectivity index (χ0) is 12.1. The minimum atomic E-state index is 0.673. The molecule has 0 bridgehead atoms. The lowest BCUT2D eigenvalue weighted by Crippen LogP contribution is -2.02. The van der Waals surface area contributed by atoms with Crippen LogP contribution in [0, 0.1) is 6.92 Å². The molecule has 88 valence electrons. The molecule has 0 saturated heterocycles. The summed E-state index contributed by atoms with van der Waals surface area (Å²) < 4.78 is 0. The highest BCUT2D eigenvalue weighted by Crippen LogP contribution is 2.25. The Morgan fingerprint density at radius 3 is 2.47 bits per heavy atom. The zero-order valence-corrected chi connectivity index (χ0v) is 10.7. The van der Waals surface area contributed by atoms with E-state index in [9.17, 15) is 0 Å². The monoisotopic (exact) mass is 244 g/mol. The number of aromatic nitrogens is 1. The van der Waals surface area contributed by atoms with Crippen LogP contribution in [-0.2, 0) is 6.42 Å². The lowest BCUT2D eigenvalue weighted by molar-refractivity contribution is 0.945. The minimum Gasteiger partial charge on any atom is -0.330 e. The maximum Gasteiger partial charge on any atom is 0.101 e. The van der Waals surface area contributed by atoms with Gasteiger partial charge < -0.3 is 5.73 Å². The number of nitrogens with two attached hydrogens (primary N) is 1. The van der Waals surface area contributed by atoms with Crippen molar-refractivity contribution in [1.82, 2.24) is 4.98 Å². The smallest absolute Gasteiger partial charge is 0.101 e. The van der Waals surface area contributed by atoms with Crippen LogP contribution in [-0.4, -0.2) is 11.5 Å². The number of rotatable bonds is 4. The van der Waals surface area contributed by atoms with Crippen LogP contribution in [0.3, 0.4) is 0 Å². The summed E-state index contributed by atoms with van der Waals surface area (Å²) in [5.74, 6) is 0. The first-order valence-electron chi connectivity index (χ1n) is 5.67. The van der Waals surface area contributed by atoms with Crippen molar-refractivity contribution in [2.45, 2.75) is 23.3 Å². The first-order valence-corrected chi connectivity index (χ1v) is 6.49. The van der Waals surface area contributed by atoms with Crippen LogP contribution >= 0.6 is 11.8 Å². The average molecular weight is 244 g/mol. The van der Waals surface area contributed by atoms with Gasteiger partial charge in [-0.1, -0.05) is 35.5 Å². The Kier molecular flexibility index (Phi) is 4.18. The van der Waals surface area contributed by atoms with E-state index >= 15 is 0 Å². The van der Waals surface area contributed by atoms with Gasteiger partial charge in [-0.25, -0.2) is 4.98 Å². The number of hydrogen-bond acceptors (Lipinski definition) is 3. The normalized spacial score (nSPS) is 10.5. The molecule has 17 heavy (non-hydrogen) atoms. The van der Waals surface area contributed by atoms with Crippen LogP contribution in [0.15, 0.2) is 52.5 Å². The first kappa shape index (κ1) is 12.1. The van der Waals surface area contributed by atoms with E-state index in [0.717, 1.165) is 11.4 Å². The third-order valence-corrected chi connectivity index (χ3v) is 3.43. The van der Waals surface area contributed by atoms with Crippen molar-refractivity contribution in [3.05, 3.63) is 53.7 Å². The van der Waals surface area contributed by atoms with Crippen molar-refractivity contribution in [3.8, 4) is 0 Å². The second-order valence-electron chi connectivity index (χ2n) is 3.96. The van der Waals surface area contributed by atoms with E-state index in [1.807, 2.05) is 6.20 Å². The number of pyridine rings is 1. The topological polar surface area (TPSA) is 38.9 Å². The minimum absolute atomic E-state index is 0.673. The van der Waals surface area contributed by atoms with Crippen molar-refractivity contribution < 1.29 is 0 Å². The van der Waals surface area contributed by atoms with E-state index in [0.29, 0.717) is 6.54 Å². The van der Waals surface area contributed by atoms with Crippen LogP contribution in [0.25, 0.3) is 0 Å². The van der Waals surface area contributed by atoms with Crippen molar-refractivity contribution in [3.63, 3.8) is 0 Å². The van der Waals surface area contributed by atoms with Gasteiger partial charge in [0.2, 0.25) is 0 Å². The third kappa shape index (κ3) is 3.58. The van der Waals surface area contributed by atoms with Crippen LogP contribution < -0.4 is 5.73 Å². The highest BCUT2D eigenvalue weighted by molar-refractivity contribution is 7.99. The Bertz CT molecular complexity index is 463. The molecule has 2 rings (SSSR count). The molecule has 0 saturated carbocycles. The predicted octanol–water partition coefficient (Wildman–Crippen LogP) is 3.04. The Labute approximate surface area is 106 Å². The summed E-state index contributed by atoms with van der Waals surface area (Å²) >= 11 is 1.68. The summed E-state index contributed by atoms with van der Waals surface area (Å²) in [4.78, 5) is 5.64. The molecule has 3 heteroatoms. The molecule has 2 nitrogen and oxygen atoms in total. The van der Waals surface area contributed by atoms with Gasteiger partial charge in [-0.2, -0.15) is 0 Å². The Morgan fingerprint density at radius 1 is 1.12 bits per heavy atom. The van der Waals surface area contributed by atoms with E-state index in [-0.39, 0.29) is 0 Å². The molecule has 2 aromatic rings. The first-order chi connectivity index (χ1) is 8.28. The Morgan fingerprint density at radius 2 is 1.88 bits per heavy atom. The molecular formula is C14H16N2S. The Balaban J connectivity index is 2.05. The van der Waals surface area contributed by atoms with Gasteiger partial charge >= 0.3 is 0 Å². The second kappa shape index (κ2) is 5.84. The molecule has 1 heterocycles. The number of nitrogens with zero attached hydrogens (tertiary/aromatic N) is 1. The molecule has 1 aromatic carbocycles. The van der Waals surface area contributed by atoms with Gasteiger partial charge in [0.1, 0.15) is 5.03 Å². The van der Waals surface area contributed by atoms with Crippen molar-refractivity contribution in [2.24, 2.45) is 5.73 Å². The van der Waals surface area contributed by atoms with Crippen molar-refractivity contribution in [1.29, 1.82) is 0 Å². The summed E-state index contributed by atoms with van der Waals surface area (Å²) in [5.41, 5.74) is 7.98. The molecule has 0 aliphatic carbocycles. The van der Waals surface area contributed by atoms with Crippen LogP contribution in [0.1, 0.15) is 11.1 Å². The van der Waals surface area contributed by atoms with Crippen LogP contribution in [0.5, 0.6) is 0 Å². The fourth-order valence-electron chi connectivity index (χ4n) is 1.51. The molecule has 0 atom stereocenters. The number of aryl methyl sites for hydroxylation is 1. The lowest BCUT2D eigenvalue weighted by atomic mass is 10.2. The average Bonchev–Trinajstić information content (AvgIpc) is 2.35. The zero-order valence-electron chi connectivity index (χ0n) is 9.89. The summed E-state index contributed by atoms with van der Waals surface area (Å²) in [5, 5.41) is 1.02. The molecular weight excluding hydrogens is 228 g/mol. The third-order valence-electron chi connectivity index (χ3n) is 2.47. The standard InChI is InChI=1S/C14H16N2S/c1-11-2-5-13(6-3-11)17-14-7-4-12(8-9-15)10-16-14/h2-7,10H,8-9,15H2,1H3. The summed E-state index contributed by atoms with van der Waals surface area (Å²) in [6.07, 6.45) is 2.80. The Hall–Kier alpha value is -1.32. The van der Waals surface area contributed by atoms with Gasteiger partial charge in [0, 0.05) is 11.1 Å². The quantitative estimate of drug-likeness (QED) is 0.898. The van der Waals surface area contributed by atoms with Gasteiger partial charge in [0.25, 0.3) is 0 Å². The van der Waals surface area contributed by atoms with E-state index in [1.165, 1.54) is 16.0 Å². The maximum absolute atomic E-state index is 5.50. The van der Waals surface area contributed by atoms with E-state index in [4.69, 9.17) is 5.73 Å². The van der Waals surface area contributed by atoms with Gasteiger partial charge in [-0.15, -0.1) is 0 Å². The molecule has 2 N–H and O–H groups in total. The van der Waals surface area contributed by atoms with Crippen molar-refractivity contribution >= 4 is 11.8 Å². The highest BCUT2D eigenvalue weighted by atomic mass is 32.2. The second-order valence-corrected chi connectivity index (χ2v) is 5.05. The van der Waals surface area contributed by atoms with Gasteiger partial charge in [-0.05, 0) is 43.7 Å². The van der Waals surface area contributed by atoms with E-state index in [2.05, 4.69) is 48.3 Å². The highest BCUT2D eigenvalue weighted by Gasteiger charge is 1.99. The summed E-state index contributed by atoms with van der Waals surface area (Å²) in [6, 6.07) is 12.6. The molecule has 0 spiro atoms. The molecule has 0 amide bonds. The molecule has 1 aromatic heterocycles. The maximum atomic E-state index is 5.50. The molecule has 0 aliphatic rings. The number of benzene rings is 1. The van der Waals surface area contributed by atoms with Gasteiger partial charge in [0.15, 0.2) is 0 Å². The van der Waals surface area contributed by atoms with Crippen LogP contribution in [0.2, 0.25) is 0 Å². The van der Waals surface area contributed by atoms with Crippen molar-refractivity contribution in [2.75, 3.05) is 6.54 Å². The van der Waals surface area contributed by atoms with Gasteiger partial charge in [-0.3, -0.25) is 0 Å². The molecule has 0 radical (unpaired) electrons. The summed E-state index contributed by atoms with van der Waals surface area (Å²) in [6.45, 7) is 2.76. The largest absolute Gasteiger partial charge is 0.330 e. The SMILES string of the molecule is Cc1ccc(Sc2ccc(CCN)cn2)cc1. The molecule has 0 aliphatic heterocycles. The summed E-state index contributed by atoms with van der Waals surface area (Å²) in [7, 11) is 0. The van der Waals surface area contributed by atoms with Crippen LogP contribution in [0.4, 0.5) is 0 Å². The van der Waals surface area contributed by atoms with Gasteiger partial charge in [0.05, 0.1) is 0 Å². The lowest BCUT2D eigenvalue weighted by Gasteiger charge is -2.03. The number of hydrogen-bond donors (Lipinski definition) is 1. The van der Waals surface area contributed by atoms with E-state index < -0.39 is 0 Å². The predicted molar refractivity (Wildman–Crippen MR) is 72.3 cm³/mol. The fourth-order valence-corrected chi connectivity index (χ4v) is 2.27. The fraction of sp³-hybridized carbons (Fsp3) is 0.214. The molecule has 0 unspecified atom stereocenters.